The van der Waals surface area contributed by atoms with Gasteiger partial charge in [-0.1, -0.05) is 30.3 Å². The average molecular weight is 465 g/mol. The molecule has 4 aromatic rings. The van der Waals surface area contributed by atoms with Gasteiger partial charge in [0.05, 0.1) is 39.8 Å². The summed E-state index contributed by atoms with van der Waals surface area (Å²) in [6.45, 7) is 1.78. The molecule has 3 heterocycles. The minimum atomic E-state index is -3.12. The summed E-state index contributed by atoms with van der Waals surface area (Å²) in [6.07, 6.45) is 0.471. The Hall–Kier alpha value is -3.59. The van der Waals surface area contributed by atoms with Gasteiger partial charge in [0.1, 0.15) is 11.5 Å². The molecule has 33 heavy (non-hydrogen) atoms. The Labute approximate surface area is 190 Å². The average Bonchev–Trinajstić information content (AvgIpc) is 3.34. The predicted octanol–water partition coefficient (Wildman–Crippen LogP) is 4.16. The maximum absolute atomic E-state index is 13.3. The lowest BCUT2D eigenvalue weighted by atomic mass is 10.1. The van der Waals surface area contributed by atoms with Gasteiger partial charge >= 0.3 is 0 Å². The van der Waals surface area contributed by atoms with E-state index in [9.17, 15) is 17.6 Å². The molecule has 1 unspecified atom stereocenters. The highest BCUT2D eigenvalue weighted by atomic mass is 32.2. The van der Waals surface area contributed by atoms with Crippen LogP contribution in [0.1, 0.15) is 28.6 Å². The normalized spacial score (nSPS) is 17.3. The zero-order valence-corrected chi connectivity index (χ0v) is 18.6. The van der Waals surface area contributed by atoms with Crippen LogP contribution >= 0.6 is 0 Å². The van der Waals surface area contributed by atoms with Crippen LogP contribution in [0.15, 0.2) is 60.7 Å². The molecule has 1 atom stereocenters. The second-order valence-electron chi connectivity index (χ2n) is 8.16. The molecule has 0 bridgehead atoms. The van der Waals surface area contributed by atoms with Crippen LogP contribution in [0, 0.1) is 12.7 Å². The second-order valence-corrected chi connectivity index (χ2v) is 10.4. The van der Waals surface area contributed by atoms with Crippen molar-refractivity contribution in [2.24, 2.45) is 0 Å². The van der Waals surface area contributed by atoms with Gasteiger partial charge in [-0.25, -0.2) is 17.8 Å². The number of sulfone groups is 1. The van der Waals surface area contributed by atoms with Gasteiger partial charge in [-0.05, 0) is 43.7 Å². The SMILES string of the molecule is Cc1nn(C2CCS(=O)(=O)C2)c2cc(-c3ccccc3)nc(C(=O)Nc3ccc(F)cc3)c12. The molecule has 2 aromatic heterocycles. The molecule has 1 aliphatic heterocycles. The van der Waals surface area contributed by atoms with Crippen molar-refractivity contribution in [2.45, 2.75) is 19.4 Å². The number of carbonyl (C=O) groups is 1. The van der Waals surface area contributed by atoms with E-state index in [1.165, 1.54) is 24.3 Å². The van der Waals surface area contributed by atoms with Crippen LogP contribution in [-0.4, -0.2) is 40.6 Å². The first kappa shape index (κ1) is 21.3. The van der Waals surface area contributed by atoms with Crippen LogP contribution in [0.4, 0.5) is 10.1 Å². The topological polar surface area (TPSA) is 93.9 Å². The largest absolute Gasteiger partial charge is 0.321 e. The standard InChI is InChI=1S/C24H21FN4O3S/c1-15-22-21(29(28-15)19-11-12-33(31,32)14-19)13-20(16-5-3-2-4-6-16)27-23(22)24(30)26-18-9-7-17(25)8-10-18/h2-10,13,19H,11-12,14H2,1H3,(H,26,30). The van der Waals surface area contributed by atoms with E-state index in [2.05, 4.69) is 15.4 Å². The summed E-state index contributed by atoms with van der Waals surface area (Å²) in [5.41, 5.74) is 3.26. The Morgan fingerprint density at radius 3 is 2.52 bits per heavy atom. The van der Waals surface area contributed by atoms with Crippen LogP contribution in [0.25, 0.3) is 22.2 Å². The second kappa shape index (κ2) is 8.08. The Bertz CT molecular complexity index is 1470. The number of rotatable bonds is 4. The number of nitrogens with one attached hydrogen (secondary N) is 1. The van der Waals surface area contributed by atoms with E-state index in [0.29, 0.717) is 34.4 Å². The predicted molar refractivity (Wildman–Crippen MR) is 124 cm³/mol. The fourth-order valence-electron chi connectivity index (χ4n) is 4.23. The lowest BCUT2D eigenvalue weighted by Crippen LogP contribution is -2.15. The van der Waals surface area contributed by atoms with E-state index in [0.717, 1.165) is 5.56 Å². The maximum atomic E-state index is 13.3. The highest BCUT2D eigenvalue weighted by molar-refractivity contribution is 7.91. The summed E-state index contributed by atoms with van der Waals surface area (Å²) >= 11 is 0. The highest BCUT2D eigenvalue weighted by Crippen LogP contribution is 2.32. The number of halogens is 1. The Morgan fingerprint density at radius 1 is 1.12 bits per heavy atom. The fourth-order valence-corrected chi connectivity index (χ4v) is 5.92. The van der Waals surface area contributed by atoms with E-state index >= 15 is 0 Å². The monoisotopic (exact) mass is 464 g/mol. The first-order valence-corrected chi connectivity index (χ1v) is 12.4. The van der Waals surface area contributed by atoms with E-state index in [-0.39, 0.29) is 23.2 Å². The number of nitrogens with zero attached hydrogens (tertiary/aromatic N) is 3. The number of anilines is 1. The van der Waals surface area contributed by atoms with Crippen LogP contribution in [-0.2, 0) is 9.84 Å². The molecule has 1 saturated heterocycles. The lowest BCUT2D eigenvalue weighted by molar-refractivity contribution is 0.102. The number of hydrogen-bond acceptors (Lipinski definition) is 5. The summed E-state index contributed by atoms with van der Waals surface area (Å²) in [7, 11) is -3.12. The molecule has 9 heteroatoms. The summed E-state index contributed by atoms with van der Waals surface area (Å²) in [6, 6.07) is 16.5. The number of fused-ring (bicyclic) bond motifs is 1. The molecule has 1 fully saturated rings. The van der Waals surface area contributed by atoms with Gasteiger partial charge in [0.15, 0.2) is 9.84 Å². The molecule has 7 nitrogen and oxygen atoms in total. The number of benzene rings is 2. The summed E-state index contributed by atoms with van der Waals surface area (Å²) in [4.78, 5) is 17.9. The molecule has 1 N–H and O–H groups in total. The van der Waals surface area contributed by atoms with Gasteiger partial charge in [0.25, 0.3) is 5.91 Å². The zero-order valence-electron chi connectivity index (χ0n) is 17.8. The first-order valence-electron chi connectivity index (χ1n) is 10.5. The molecule has 0 aliphatic carbocycles. The van der Waals surface area contributed by atoms with E-state index in [4.69, 9.17) is 0 Å². The number of pyridine rings is 1. The van der Waals surface area contributed by atoms with Crippen molar-refractivity contribution < 1.29 is 17.6 Å². The molecule has 0 saturated carbocycles. The van der Waals surface area contributed by atoms with Crippen molar-refractivity contribution >= 4 is 32.3 Å². The van der Waals surface area contributed by atoms with Gasteiger partial charge in [-0.15, -0.1) is 0 Å². The van der Waals surface area contributed by atoms with E-state index < -0.39 is 21.6 Å². The molecule has 2 aromatic carbocycles. The van der Waals surface area contributed by atoms with E-state index in [1.807, 2.05) is 36.4 Å². The minimum absolute atomic E-state index is 0.0172. The number of amides is 1. The van der Waals surface area contributed by atoms with Crippen LogP contribution in [0.3, 0.4) is 0 Å². The summed E-state index contributed by atoms with van der Waals surface area (Å²) in [5.74, 6) is -0.718. The van der Waals surface area contributed by atoms with Crippen molar-refractivity contribution in [2.75, 3.05) is 16.8 Å². The van der Waals surface area contributed by atoms with Crippen LogP contribution in [0.2, 0.25) is 0 Å². The Kier molecular flexibility index (Phi) is 5.20. The number of aryl methyl sites for hydroxylation is 1. The first-order chi connectivity index (χ1) is 15.8. The van der Waals surface area contributed by atoms with Crippen LogP contribution in [0.5, 0.6) is 0 Å². The molecular weight excluding hydrogens is 443 g/mol. The van der Waals surface area contributed by atoms with Crippen molar-refractivity contribution in [1.29, 1.82) is 0 Å². The lowest BCUT2D eigenvalue weighted by Gasteiger charge is -2.13. The Morgan fingerprint density at radius 2 is 1.85 bits per heavy atom. The van der Waals surface area contributed by atoms with Crippen molar-refractivity contribution in [3.05, 3.63) is 77.9 Å². The van der Waals surface area contributed by atoms with E-state index in [1.54, 1.807) is 11.6 Å². The molecular formula is C24H21FN4O3S. The zero-order chi connectivity index (χ0) is 23.2. The maximum Gasteiger partial charge on any atom is 0.275 e. The van der Waals surface area contributed by atoms with Gasteiger partial charge in [-0.3, -0.25) is 9.48 Å². The number of hydrogen-bond donors (Lipinski definition) is 1. The van der Waals surface area contributed by atoms with Crippen molar-refractivity contribution in [1.82, 2.24) is 14.8 Å². The Balaban J connectivity index is 1.67. The van der Waals surface area contributed by atoms with Crippen molar-refractivity contribution in [3.8, 4) is 11.3 Å². The number of aromatic nitrogens is 3. The smallest absolute Gasteiger partial charge is 0.275 e. The van der Waals surface area contributed by atoms with Gasteiger partial charge in [0.2, 0.25) is 0 Å². The summed E-state index contributed by atoms with van der Waals surface area (Å²) < 4.78 is 39.2. The molecule has 0 spiro atoms. The molecule has 5 rings (SSSR count). The fraction of sp³-hybridized carbons (Fsp3) is 0.208. The highest BCUT2D eigenvalue weighted by Gasteiger charge is 2.32. The molecule has 1 amide bonds. The van der Waals surface area contributed by atoms with Gasteiger partial charge in [-0.2, -0.15) is 5.10 Å². The third kappa shape index (κ3) is 4.11. The van der Waals surface area contributed by atoms with Crippen molar-refractivity contribution in [3.63, 3.8) is 0 Å². The van der Waals surface area contributed by atoms with Gasteiger partial charge in [0, 0.05) is 11.3 Å². The third-order valence-electron chi connectivity index (χ3n) is 5.81. The number of carbonyl (C=O) groups excluding carboxylic acids is 1. The summed E-state index contributed by atoms with van der Waals surface area (Å²) in [5, 5.41) is 7.96. The quantitative estimate of drug-likeness (QED) is 0.490. The van der Waals surface area contributed by atoms with Gasteiger partial charge < -0.3 is 5.32 Å². The third-order valence-corrected chi connectivity index (χ3v) is 7.56. The molecule has 168 valence electrons. The minimum Gasteiger partial charge on any atom is -0.321 e. The van der Waals surface area contributed by atoms with Crippen LogP contribution < -0.4 is 5.32 Å². The molecule has 1 aliphatic rings. The molecule has 0 radical (unpaired) electrons.